The second-order valence-electron chi connectivity index (χ2n) is 5.86. The van der Waals surface area contributed by atoms with Crippen LogP contribution in [-0.2, 0) is 4.79 Å². The Morgan fingerprint density at radius 3 is 2.41 bits per heavy atom. The Balaban J connectivity index is 1.51. The number of nitrogens with one attached hydrogen (secondary N) is 1. The summed E-state index contributed by atoms with van der Waals surface area (Å²) >= 11 is 5.81. The molecule has 146 valence electrons. The minimum absolute atomic E-state index is 0.153. The molecule has 0 unspecified atom stereocenters. The second-order valence-corrected chi connectivity index (χ2v) is 6.30. The highest BCUT2D eigenvalue weighted by molar-refractivity contribution is 6.30. The van der Waals surface area contributed by atoms with Crippen LogP contribution in [-0.4, -0.2) is 24.7 Å². The maximum absolute atomic E-state index is 12.2. The van der Waals surface area contributed by atoms with Crippen LogP contribution >= 0.6 is 11.6 Å². The predicted octanol–water partition coefficient (Wildman–Crippen LogP) is 4.09. The number of hydrogen-bond acceptors (Lipinski definition) is 5. The van der Waals surface area contributed by atoms with Crippen molar-refractivity contribution in [2.45, 2.75) is 0 Å². The number of carbonyl (C=O) groups excluding carboxylic acids is 2. The summed E-state index contributed by atoms with van der Waals surface area (Å²) in [4.78, 5) is 23.9. The van der Waals surface area contributed by atoms with Gasteiger partial charge in [-0.3, -0.25) is 4.79 Å². The number of hydrazone groups is 1. The Kier molecular flexibility index (Phi) is 6.97. The van der Waals surface area contributed by atoms with Gasteiger partial charge in [0, 0.05) is 5.02 Å². The highest BCUT2D eigenvalue weighted by Gasteiger charge is 2.08. The van der Waals surface area contributed by atoms with Crippen LogP contribution in [0, 0.1) is 0 Å². The maximum atomic E-state index is 12.2. The van der Waals surface area contributed by atoms with Crippen molar-refractivity contribution < 1.29 is 19.1 Å². The first-order valence-electron chi connectivity index (χ1n) is 8.68. The van der Waals surface area contributed by atoms with E-state index < -0.39 is 11.9 Å². The summed E-state index contributed by atoms with van der Waals surface area (Å²) in [6, 6.07) is 22.2. The average Bonchev–Trinajstić information content (AvgIpc) is 2.74. The van der Waals surface area contributed by atoms with Gasteiger partial charge in [0.1, 0.15) is 11.5 Å². The van der Waals surface area contributed by atoms with Crippen molar-refractivity contribution in [3.05, 3.63) is 95.0 Å². The fourth-order valence-electron chi connectivity index (χ4n) is 2.29. The van der Waals surface area contributed by atoms with Gasteiger partial charge < -0.3 is 9.47 Å². The van der Waals surface area contributed by atoms with Crippen LogP contribution in [0.5, 0.6) is 11.5 Å². The molecule has 0 aliphatic rings. The Morgan fingerprint density at radius 1 is 0.931 bits per heavy atom. The smallest absolute Gasteiger partial charge is 0.343 e. The Hall–Kier alpha value is -3.64. The minimum Gasteiger partial charge on any atom is -0.484 e. The molecule has 0 aromatic heterocycles. The van der Waals surface area contributed by atoms with Gasteiger partial charge in [-0.15, -0.1) is 0 Å². The summed E-state index contributed by atoms with van der Waals surface area (Å²) in [5.74, 6) is 0.0621. The monoisotopic (exact) mass is 408 g/mol. The van der Waals surface area contributed by atoms with Crippen LogP contribution < -0.4 is 14.9 Å². The van der Waals surface area contributed by atoms with Crippen molar-refractivity contribution in [3.8, 4) is 11.5 Å². The van der Waals surface area contributed by atoms with E-state index in [1.54, 1.807) is 60.7 Å². The summed E-state index contributed by atoms with van der Waals surface area (Å²) in [6.07, 6.45) is 1.44. The van der Waals surface area contributed by atoms with Crippen LogP contribution in [0.3, 0.4) is 0 Å². The first-order valence-corrected chi connectivity index (χ1v) is 9.05. The van der Waals surface area contributed by atoms with Crippen LogP contribution in [0.1, 0.15) is 15.9 Å². The third-order valence-electron chi connectivity index (χ3n) is 3.66. The number of rotatable bonds is 7. The van der Waals surface area contributed by atoms with E-state index in [1.165, 1.54) is 6.21 Å². The van der Waals surface area contributed by atoms with Gasteiger partial charge in [-0.25, -0.2) is 10.2 Å². The molecule has 3 rings (SSSR count). The van der Waals surface area contributed by atoms with Gasteiger partial charge >= 0.3 is 5.97 Å². The van der Waals surface area contributed by atoms with Crippen molar-refractivity contribution >= 4 is 29.7 Å². The first-order chi connectivity index (χ1) is 14.1. The van der Waals surface area contributed by atoms with E-state index in [9.17, 15) is 9.59 Å². The third kappa shape index (κ3) is 6.48. The second kappa shape index (κ2) is 10.1. The Morgan fingerprint density at radius 2 is 1.66 bits per heavy atom. The van der Waals surface area contributed by atoms with Gasteiger partial charge in [-0.05, 0) is 54.1 Å². The van der Waals surface area contributed by atoms with Crippen LogP contribution in [0.4, 0.5) is 0 Å². The van der Waals surface area contributed by atoms with Gasteiger partial charge in [-0.1, -0.05) is 41.9 Å². The molecular formula is C22H17ClN2O4. The standard InChI is InChI=1S/C22H17ClN2O4/c23-18-11-9-17(10-12-18)22(27)29-20-8-4-5-16(13-20)14-24-25-21(26)15-28-19-6-2-1-3-7-19/h1-14H,15H2,(H,25,26)/b24-14+. The summed E-state index contributed by atoms with van der Waals surface area (Å²) in [5, 5.41) is 4.42. The lowest BCUT2D eigenvalue weighted by Crippen LogP contribution is -2.24. The summed E-state index contributed by atoms with van der Waals surface area (Å²) in [6.45, 7) is -0.153. The zero-order valence-electron chi connectivity index (χ0n) is 15.2. The number of amides is 1. The molecule has 0 fully saturated rings. The minimum atomic E-state index is -0.498. The first kappa shape index (κ1) is 20.1. The number of esters is 1. The predicted molar refractivity (Wildman–Crippen MR) is 111 cm³/mol. The molecule has 0 heterocycles. The molecular weight excluding hydrogens is 392 g/mol. The molecule has 0 bridgehead atoms. The van der Waals surface area contributed by atoms with Crippen LogP contribution in [0.25, 0.3) is 0 Å². The quantitative estimate of drug-likeness (QED) is 0.276. The molecule has 6 nitrogen and oxygen atoms in total. The Labute approximate surface area is 172 Å². The molecule has 0 aliphatic heterocycles. The highest BCUT2D eigenvalue weighted by Crippen LogP contribution is 2.16. The molecule has 0 saturated carbocycles. The van der Waals surface area contributed by atoms with E-state index in [0.29, 0.717) is 27.6 Å². The summed E-state index contributed by atoms with van der Waals surface area (Å²) < 4.78 is 10.7. The lowest BCUT2D eigenvalue weighted by Gasteiger charge is -2.05. The number of halogens is 1. The van der Waals surface area contributed by atoms with Gasteiger partial charge in [0.05, 0.1) is 11.8 Å². The van der Waals surface area contributed by atoms with Crippen molar-refractivity contribution in [1.82, 2.24) is 5.43 Å². The molecule has 0 spiro atoms. The number of ether oxygens (including phenoxy) is 2. The van der Waals surface area contributed by atoms with Crippen molar-refractivity contribution in [3.63, 3.8) is 0 Å². The van der Waals surface area contributed by atoms with E-state index in [2.05, 4.69) is 10.5 Å². The van der Waals surface area contributed by atoms with Crippen molar-refractivity contribution in [2.75, 3.05) is 6.61 Å². The van der Waals surface area contributed by atoms with E-state index in [4.69, 9.17) is 21.1 Å². The SMILES string of the molecule is O=C(COc1ccccc1)N/N=C/c1cccc(OC(=O)c2ccc(Cl)cc2)c1. The summed E-state index contributed by atoms with van der Waals surface area (Å²) in [7, 11) is 0. The van der Waals surface area contributed by atoms with Gasteiger partial charge in [-0.2, -0.15) is 5.10 Å². The number of carbonyl (C=O) groups is 2. The topological polar surface area (TPSA) is 77.0 Å². The zero-order chi connectivity index (χ0) is 20.5. The largest absolute Gasteiger partial charge is 0.484 e. The molecule has 1 amide bonds. The molecule has 3 aromatic rings. The molecule has 1 N–H and O–H groups in total. The molecule has 7 heteroatoms. The van der Waals surface area contributed by atoms with Crippen LogP contribution in [0.2, 0.25) is 5.02 Å². The molecule has 0 saturated heterocycles. The third-order valence-corrected chi connectivity index (χ3v) is 3.92. The molecule has 3 aromatic carbocycles. The number of hydrogen-bond donors (Lipinski definition) is 1. The molecule has 0 atom stereocenters. The molecule has 29 heavy (non-hydrogen) atoms. The van der Waals surface area contributed by atoms with E-state index in [1.807, 2.05) is 18.2 Å². The van der Waals surface area contributed by atoms with E-state index in [0.717, 1.165) is 0 Å². The number of nitrogens with zero attached hydrogens (tertiary/aromatic N) is 1. The molecule has 0 radical (unpaired) electrons. The normalized spacial score (nSPS) is 10.5. The average molecular weight is 409 g/mol. The fraction of sp³-hybridized carbons (Fsp3) is 0.0455. The van der Waals surface area contributed by atoms with Gasteiger partial charge in [0.2, 0.25) is 0 Å². The van der Waals surface area contributed by atoms with Gasteiger partial charge in [0.25, 0.3) is 5.91 Å². The van der Waals surface area contributed by atoms with Crippen molar-refractivity contribution in [2.24, 2.45) is 5.10 Å². The Bertz CT molecular complexity index is 1000. The van der Waals surface area contributed by atoms with Crippen LogP contribution in [0.15, 0.2) is 84.0 Å². The summed E-state index contributed by atoms with van der Waals surface area (Å²) in [5.41, 5.74) is 3.41. The molecule has 0 aliphatic carbocycles. The lowest BCUT2D eigenvalue weighted by atomic mass is 10.2. The van der Waals surface area contributed by atoms with Crippen molar-refractivity contribution in [1.29, 1.82) is 0 Å². The number of benzene rings is 3. The number of para-hydroxylation sites is 1. The maximum Gasteiger partial charge on any atom is 0.343 e. The fourth-order valence-corrected chi connectivity index (χ4v) is 2.41. The van der Waals surface area contributed by atoms with E-state index in [-0.39, 0.29) is 6.61 Å². The highest BCUT2D eigenvalue weighted by atomic mass is 35.5. The lowest BCUT2D eigenvalue weighted by molar-refractivity contribution is -0.123. The van der Waals surface area contributed by atoms with Gasteiger partial charge in [0.15, 0.2) is 6.61 Å². The van der Waals surface area contributed by atoms with E-state index >= 15 is 0 Å². The zero-order valence-corrected chi connectivity index (χ0v) is 16.0.